The Morgan fingerprint density at radius 1 is 1.30 bits per heavy atom. The molecule has 0 bridgehead atoms. The zero-order valence-corrected chi connectivity index (χ0v) is 17.1. The lowest BCUT2D eigenvalue weighted by Crippen LogP contribution is -2.53. The highest BCUT2D eigenvalue weighted by molar-refractivity contribution is 6.00. The molecule has 2 atom stereocenters. The summed E-state index contributed by atoms with van der Waals surface area (Å²) >= 11 is 0. The maximum absolute atomic E-state index is 13.1. The quantitative estimate of drug-likeness (QED) is 0.540. The summed E-state index contributed by atoms with van der Waals surface area (Å²) in [6, 6.07) is 7.14. The minimum atomic E-state index is -4.61. The van der Waals surface area contributed by atoms with Crippen molar-refractivity contribution in [1.29, 1.82) is 0 Å². The molecule has 4 heterocycles. The van der Waals surface area contributed by atoms with Gasteiger partial charge in [0.15, 0.2) is 11.9 Å². The molecule has 5 rings (SSSR count). The van der Waals surface area contributed by atoms with Gasteiger partial charge in [-0.05, 0) is 29.8 Å². The lowest BCUT2D eigenvalue weighted by atomic mass is 9.95. The molecule has 2 aromatic heterocycles. The molecule has 33 heavy (non-hydrogen) atoms. The van der Waals surface area contributed by atoms with Crippen molar-refractivity contribution in [3.63, 3.8) is 0 Å². The average Bonchev–Trinajstić information content (AvgIpc) is 3.41. The van der Waals surface area contributed by atoms with Crippen LogP contribution in [0.4, 0.5) is 13.2 Å². The van der Waals surface area contributed by atoms with Gasteiger partial charge in [0.2, 0.25) is 5.71 Å². The van der Waals surface area contributed by atoms with Crippen LogP contribution >= 0.6 is 0 Å². The number of hydrogen-bond acceptors (Lipinski definition) is 7. The van der Waals surface area contributed by atoms with Crippen LogP contribution < -0.4 is 15.4 Å². The molecule has 1 unspecified atom stereocenters. The minimum Gasteiger partial charge on any atom is -0.497 e. The number of aliphatic hydroxyl groups is 1. The van der Waals surface area contributed by atoms with Crippen molar-refractivity contribution in [2.45, 2.75) is 24.6 Å². The van der Waals surface area contributed by atoms with Gasteiger partial charge in [-0.15, -0.1) is 0 Å². The number of nitrogens with zero attached hydrogens (tertiary/aromatic N) is 2. The molecule has 0 saturated carbocycles. The smallest absolute Gasteiger partial charge is 0.417 e. The number of nitrogens with one attached hydrogen (secondary N) is 2. The van der Waals surface area contributed by atoms with Crippen LogP contribution in [-0.4, -0.2) is 46.8 Å². The van der Waals surface area contributed by atoms with E-state index in [1.54, 1.807) is 18.2 Å². The molecule has 2 aliphatic heterocycles. The van der Waals surface area contributed by atoms with Gasteiger partial charge < -0.3 is 24.5 Å². The highest BCUT2D eigenvalue weighted by Crippen LogP contribution is 2.36. The summed E-state index contributed by atoms with van der Waals surface area (Å²) in [7, 11) is 1.47. The van der Waals surface area contributed by atoms with Crippen molar-refractivity contribution >= 4 is 22.9 Å². The third-order valence-electron chi connectivity index (χ3n) is 5.78. The molecule has 2 amide bonds. The average molecular weight is 462 g/mol. The monoisotopic (exact) mass is 462 g/mol. The highest BCUT2D eigenvalue weighted by Gasteiger charge is 2.52. The van der Waals surface area contributed by atoms with Crippen molar-refractivity contribution in [2.75, 3.05) is 13.7 Å². The van der Waals surface area contributed by atoms with E-state index in [2.05, 4.69) is 15.6 Å². The zero-order chi connectivity index (χ0) is 23.5. The van der Waals surface area contributed by atoms with E-state index in [0.29, 0.717) is 17.5 Å². The van der Waals surface area contributed by atoms with Gasteiger partial charge >= 0.3 is 6.18 Å². The molecule has 172 valence electrons. The summed E-state index contributed by atoms with van der Waals surface area (Å²) in [5.41, 5.74) is -1.71. The van der Waals surface area contributed by atoms with Crippen molar-refractivity contribution in [2.24, 2.45) is 0 Å². The van der Waals surface area contributed by atoms with Crippen LogP contribution in [0.1, 0.15) is 27.2 Å². The lowest BCUT2D eigenvalue weighted by Gasteiger charge is -2.29. The molecule has 12 heteroatoms. The number of ether oxygens (including phenoxy) is 1. The van der Waals surface area contributed by atoms with E-state index in [4.69, 9.17) is 9.15 Å². The van der Waals surface area contributed by atoms with Gasteiger partial charge in [-0.2, -0.15) is 13.2 Å². The number of carbonyl (C=O) groups is 2. The summed E-state index contributed by atoms with van der Waals surface area (Å²) in [4.78, 5) is 31.0. The Hall–Kier alpha value is -3.64. The number of pyridine rings is 1. The van der Waals surface area contributed by atoms with Crippen LogP contribution in [0.3, 0.4) is 0 Å². The second kappa shape index (κ2) is 7.18. The SMILES string of the molecule is COc1ccc2c(c1)C(=O)N(C[C@@]1(c3cc4cc(C(F)(F)F)cnc4o3)NC(O)NC1=O)C2. The standard InChI is InChI=1S/C21H17F3N4O5/c1-32-13-3-2-10-8-28(17(29)14(10)6-13)9-20(18(30)26-19(31)27-20)15-5-11-4-12(21(22,23)24)7-25-16(11)33-15/h2-7,19,27,31H,8-9H2,1H3,(H,26,30)/t19?,20-/m0/s1. The molecule has 2 aliphatic rings. The van der Waals surface area contributed by atoms with Gasteiger partial charge in [0.05, 0.1) is 19.2 Å². The first-order valence-corrected chi connectivity index (χ1v) is 9.81. The van der Waals surface area contributed by atoms with Crippen molar-refractivity contribution in [3.05, 3.63) is 59.0 Å². The van der Waals surface area contributed by atoms with Crippen LogP contribution in [0.5, 0.6) is 5.75 Å². The first kappa shape index (κ1) is 21.2. The number of aliphatic hydroxyl groups excluding tert-OH is 1. The van der Waals surface area contributed by atoms with Gasteiger partial charge in [0.25, 0.3) is 11.8 Å². The fraction of sp³-hybridized carbons (Fsp3) is 0.286. The van der Waals surface area contributed by atoms with Crippen molar-refractivity contribution < 1.29 is 37.0 Å². The number of amides is 2. The molecule has 1 fully saturated rings. The normalized spacial score (nSPS) is 22.7. The van der Waals surface area contributed by atoms with E-state index >= 15 is 0 Å². The van der Waals surface area contributed by atoms with E-state index in [1.807, 2.05) is 0 Å². The van der Waals surface area contributed by atoms with Gasteiger partial charge in [-0.1, -0.05) is 6.07 Å². The molecular weight excluding hydrogens is 445 g/mol. The number of fused-ring (bicyclic) bond motifs is 2. The number of rotatable bonds is 4. The summed E-state index contributed by atoms with van der Waals surface area (Å²) < 4.78 is 50.0. The van der Waals surface area contributed by atoms with E-state index in [-0.39, 0.29) is 35.9 Å². The molecule has 1 aromatic carbocycles. The Bertz CT molecular complexity index is 1290. The number of methoxy groups -OCH3 is 1. The molecule has 1 saturated heterocycles. The van der Waals surface area contributed by atoms with Gasteiger partial charge in [-0.3, -0.25) is 14.9 Å². The van der Waals surface area contributed by atoms with E-state index in [0.717, 1.165) is 11.6 Å². The maximum atomic E-state index is 13.1. The first-order chi connectivity index (χ1) is 15.6. The molecule has 0 aliphatic carbocycles. The molecule has 3 aromatic rings. The predicted octanol–water partition coefficient (Wildman–Crippen LogP) is 1.70. The van der Waals surface area contributed by atoms with Crippen LogP contribution in [0.25, 0.3) is 11.1 Å². The molecule has 0 radical (unpaired) electrons. The van der Waals surface area contributed by atoms with E-state index < -0.39 is 29.5 Å². The van der Waals surface area contributed by atoms with Crippen LogP contribution in [-0.2, 0) is 23.1 Å². The number of furan rings is 1. The summed E-state index contributed by atoms with van der Waals surface area (Å²) in [5, 5.41) is 15.0. The highest BCUT2D eigenvalue weighted by atomic mass is 19.4. The van der Waals surface area contributed by atoms with Crippen molar-refractivity contribution in [1.82, 2.24) is 20.5 Å². The van der Waals surface area contributed by atoms with Crippen LogP contribution in [0.15, 0.2) is 40.9 Å². The Balaban J connectivity index is 1.54. The summed E-state index contributed by atoms with van der Waals surface area (Å²) in [6.45, 7) is -0.0701. The first-order valence-electron chi connectivity index (χ1n) is 9.81. The van der Waals surface area contributed by atoms with Crippen LogP contribution in [0.2, 0.25) is 0 Å². The number of hydrogen-bond donors (Lipinski definition) is 3. The van der Waals surface area contributed by atoms with E-state index in [1.165, 1.54) is 18.1 Å². The Labute approximate surface area is 184 Å². The second-order valence-corrected chi connectivity index (χ2v) is 7.84. The third-order valence-corrected chi connectivity index (χ3v) is 5.78. The Morgan fingerprint density at radius 2 is 2.09 bits per heavy atom. The lowest BCUT2D eigenvalue weighted by molar-refractivity contribution is -0.137. The fourth-order valence-corrected chi connectivity index (χ4v) is 4.14. The fourth-order valence-electron chi connectivity index (χ4n) is 4.14. The maximum Gasteiger partial charge on any atom is 0.417 e. The summed E-state index contributed by atoms with van der Waals surface area (Å²) in [6.07, 6.45) is -5.43. The number of alkyl halides is 3. The third kappa shape index (κ3) is 3.38. The van der Waals surface area contributed by atoms with Crippen LogP contribution in [0, 0.1) is 0 Å². The van der Waals surface area contributed by atoms with Gasteiger partial charge in [0.1, 0.15) is 11.5 Å². The molecule has 9 nitrogen and oxygen atoms in total. The second-order valence-electron chi connectivity index (χ2n) is 7.84. The number of halogens is 3. The molecule has 0 spiro atoms. The van der Waals surface area contributed by atoms with Crippen molar-refractivity contribution in [3.8, 4) is 5.75 Å². The minimum absolute atomic E-state index is 0.0240. The van der Waals surface area contributed by atoms with Gasteiger partial charge in [0, 0.05) is 23.7 Å². The zero-order valence-electron chi connectivity index (χ0n) is 17.1. The number of aromatic nitrogens is 1. The summed E-state index contributed by atoms with van der Waals surface area (Å²) in [5.74, 6) is -0.659. The Morgan fingerprint density at radius 3 is 2.76 bits per heavy atom. The van der Waals surface area contributed by atoms with E-state index in [9.17, 15) is 27.9 Å². The topological polar surface area (TPSA) is 117 Å². The number of carbonyl (C=O) groups excluding carboxylic acids is 2. The van der Waals surface area contributed by atoms with Gasteiger partial charge in [-0.25, -0.2) is 4.98 Å². The Kier molecular flexibility index (Phi) is 4.62. The predicted molar refractivity (Wildman–Crippen MR) is 106 cm³/mol. The molecular formula is C21H17F3N4O5. The largest absolute Gasteiger partial charge is 0.497 e. The molecule has 3 N–H and O–H groups in total. The number of benzene rings is 1.